The molecule has 1 aromatic carbocycles. The Balaban J connectivity index is 2.08. The smallest absolute Gasteiger partial charge is 0.223 e. The Morgan fingerprint density at radius 3 is 2.85 bits per heavy atom. The van der Waals surface area contributed by atoms with Crippen LogP contribution in [0.25, 0.3) is 11.0 Å². The number of methoxy groups -OCH3 is 1. The highest BCUT2D eigenvalue weighted by molar-refractivity contribution is 6.16. The van der Waals surface area contributed by atoms with Crippen LogP contribution >= 0.6 is 11.6 Å². The van der Waals surface area contributed by atoms with Crippen LogP contribution < -0.4 is 4.74 Å². The lowest BCUT2D eigenvalue weighted by molar-refractivity contribution is 0.386. The molecule has 0 saturated heterocycles. The van der Waals surface area contributed by atoms with Crippen LogP contribution in [0, 0.1) is 6.92 Å². The average molecular weight is 293 g/mol. The molecule has 0 aliphatic heterocycles. The second kappa shape index (κ2) is 5.13. The summed E-state index contributed by atoms with van der Waals surface area (Å²) < 4.78 is 12.2. The van der Waals surface area contributed by atoms with Gasteiger partial charge in [0.15, 0.2) is 5.82 Å². The predicted octanol–water partition coefficient (Wildman–Crippen LogP) is 2.52. The van der Waals surface area contributed by atoms with Gasteiger partial charge >= 0.3 is 0 Å². The molecule has 3 aromatic rings. The van der Waals surface area contributed by atoms with Crippen molar-refractivity contribution in [3.05, 3.63) is 35.7 Å². The largest absolute Gasteiger partial charge is 0.497 e. The molecule has 0 saturated carbocycles. The first-order valence-corrected chi connectivity index (χ1v) is 6.63. The van der Waals surface area contributed by atoms with Gasteiger partial charge in [0.1, 0.15) is 11.6 Å². The second-order valence-corrected chi connectivity index (χ2v) is 4.60. The monoisotopic (exact) mass is 292 g/mol. The summed E-state index contributed by atoms with van der Waals surface area (Å²) in [5, 5.41) is 3.90. The number of nitrogens with zero attached hydrogens (tertiary/aromatic N) is 4. The van der Waals surface area contributed by atoms with Crippen molar-refractivity contribution in [3.63, 3.8) is 0 Å². The SMILES string of the molecule is COc1ccc2c(c1)nc(CCl)n2Cc1noc(C)n1. The van der Waals surface area contributed by atoms with Crippen LogP contribution in [-0.4, -0.2) is 26.8 Å². The first-order chi connectivity index (χ1) is 9.71. The number of imidazole rings is 1. The molecule has 0 radical (unpaired) electrons. The third-order valence-corrected chi connectivity index (χ3v) is 3.26. The Bertz CT molecular complexity index is 750. The summed E-state index contributed by atoms with van der Waals surface area (Å²) >= 11 is 5.97. The van der Waals surface area contributed by atoms with E-state index in [9.17, 15) is 0 Å². The number of aryl methyl sites for hydroxylation is 1. The molecule has 0 aliphatic rings. The molecule has 104 valence electrons. The third-order valence-electron chi connectivity index (χ3n) is 3.02. The molecule has 0 aliphatic carbocycles. The number of alkyl halides is 1. The minimum Gasteiger partial charge on any atom is -0.497 e. The van der Waals surface area contributed by atoms with Gasteiger partial charge in [0.05, 0.1) is 30.6 Å². The van der Waals surface area contributed by atoms with Crippen molar-refractivity contribution in [2.45, 2.75) is 19.3 Å². The maximum atomic E-state index is 5.97. The lowest BCUT2D eigenvalue weighted by Gasteiger charge is -2.04. The van der Waals surface area contributed by atoms with Gasteiger partial charge in [-0.2, -0.15) is 4.98 Å². The van der Waals surface area contributed by atoms with Gasteiger partial charge in [-0.1, -0.05) is 5.16 Å². The Kier molecular flexibility index (Phi) is 3.31. The van der Waals surface area contributed by atoms with E-state index in [1.165, 1.54) is 0 Å². The predicted molar refractivity (Wildman–Crippen MR) is 74.0 cm³/mol. The van der Waals surface area contributed by atoms with Crippen LogP contribution in [0.5, 0.6) is 5.75 Å². The second-order valence-electron chi connectivity index (χ2n) is 4.33. The molecular formula is C13H13ClN4O2. The van der Waals surface area contributed by atoms with Gasteiger partial charge in [0, 0.05) is 13.0 Å². The number of hydrogen-bond acceptors (Lipinski definition) is 5. The van der Waals surface area contributed by atoms with E-state index >= 15 is 0 Å². The van der Waals surface area contributed by atoms with E-state index in [1.807, 2.05) is 22.8 Å². The molecule has 0 spiro atoms. The summed E-state index contributed by atoms with van der Waals surface area (Å²) in [4.78, 5) is 8.71. The lowest BCUT2D eigenvalue weighted by Crippen LogP contribution is -2.05. The molecule has 0 fully saturated rings. The van der Waals surface area contributed by atoms with Crippen LogP contribution in [0.4, 0.5) is 0 Å². The maximum absolute atomic E-state index is 5.97. The number of benzene rings is 1. The topological polar surface area (TPSA) is 66.0 Å². The summed E-state index contributed by atoms with van der Waals surface area (Å²) in [6.45, 7) is 2.23. The summed E-state index contributed by atoms with van der Waals surface area (Å²) in [5.74, 6) is 2.98. The van der Waals surface area contributed by atoms with E-state index in [2.05, 4.69) is 15.1 Å². The molecule has 7 heteroatoms. The molecular weight excluding hydrogens is 280 g/mol. The van der Waals surface area contributed by atoms with Crippen molar-refractivity contribution in [2.24, 2.45) is 0 Å². The van der Waals surface area contributed by atoms with Gasteiger partial charge in [-0.05, 0) is 12.1 Å². The van der Waals surface area contributed by atoms with Gasteiger partial charge < -0.3 is 13.8 Å². The first-order valence-electron chi connectivity index (χ1n) is 6.09. The molecule has 6 nitrogen and oxygen atoms in total. The van der Waals surface area contributed by atoms with E-state index in [4.69, 9.17) is 20.9 Å². The van der Waals surface area contributed by atoms with Crippen LogP contribution in [0.2, 0.25) is 0 Å². The van der Waals surface area contributed by atoms with Gasteiger partial charge in [-0.15, -0.1) is 11.6 Å². The van der Waals surface area contributed by atoms with E-state index in [0.29, 0.717) is 24.1 Å². The summed E-state index contributed by atoms with van der Waals surface area (Å²) in [7, 11) is 1.63. The molecule has 3 rings (SSSR count). The van der Waals surface area contributed by atoms with Crippen molar-refractivity contribution in [3.8, 4) is 5.75 Å². The minimum atomic E-state index is 0.313. The molecule has 0 N–H and O–H groups in total. The van der Waals surface area contributed by atoms with E-state index in [0.717, 1.165) is 22.6 Å². The number of aromatic nitrogens is 4. The van der Waals surface area contributed by atoms with Crippen molar-refractivity contribution < 1.29 is 9.26 Å². The standard InChI is InChI=1S/C13H13ClN4O2/c1-8-15-12(17-20-8)7-18-11-4-3-9(19-2)5-10(11)16-13(18)6-14/h3-5H,6-7H2,1-2H3. The van der Waals surface area contributed by atoms with Gasteiger partial charge in [-0.3, -0.25) is 0 Å². The van der Waals surface area contributed by atoms with Crippen LogP contribution in [0.15, 0.2) is 22.7 Å². The van der Waals surface area contributed by atoms with Crippen molar-refractivity contribution in [2.75, 3.05) is 7.11 Å². The maximum Gasteiger partial charge on any atom is 0.223 e. The zero-order valence-electron chi connectivity index (χ0n) is 11.1. The number of ether oxygens (including phenoxy) is 1. The molecule has 2 aromatic heterocycles. The highest BCUT2D eigenvalue weighted by Gasteiger charge is 2.13. The quantitative estimate of drug-likeness (QED) is 0.691. The summed E-state index contributed by atoms with van der Waals surface area (Å²) in [5.41, 5.74) is 1.80. The number of hydrogen-bond donors (Lipinski definition) is 0. The summed E-state index contributed by atoms with van der Waals surface area (Å²) in [6.07, 6.45) is 0. The van der Waals surface area contributed by atoms with E-state index in [-0.39, 0.29) is 0 Å². The highest BCUT2D eigenvalue weighted by atomic mass is 35.5. The van der Waals surface area contributed by atoms with E-state index < -0.39 is 0 Å². The Morgan fingerprint density at radius 1 is 1.35 bits per heavy atom. The summed E-state index contributed by atoms with van der Waals surface area (Å²) in [6, 6.07) is 5.72. The van der Waals surface area contributed by atoms with Crippen molar-refractivity contribution >= 4 is 22.6 Å². The minimum absolute atomic E-state index is 0.313. The number of rotatable bonds is 4. The Hall–Kier alpha value is -2.08. The zero-order chi connectivity index (χ0) is 14.1. The fourth-order valence-corrected chi connectivity index (χ4v) is 2.32. The van der Waals surface area contributed by atoms with Crippen molar-refractivity contribution in [1.82, 2.24) is 19.7 Å². The Morgan fingerprint density at radius 2 is 2.20 bits per heavy atom. The molecule has 0 unspecified atom stereocenters. The fourth-order valence-electron chi connectivity index (χ4n) is 2.11. The number of fused-ring (bicyclic) bond motifs is 1. The normalized spacial score (nSPS) is 11.2. The molecule has 2 heterocycles. The van der Waals surface area contributed by atoms with Crippen LogP contribution in [0.3, 0.4) is 0 Å². The molecule has 20 heavy (non-hydrogen) atoms. The van der Waals surface area contributed by atoms with Crippen LogP contribution in [0.1, 0.15) is 17.5 Å². The van der Waals surface area contributed by atoms with Gasteiger partial charge in [0.2, 0.25) is 5.89 Å². The first kappa shape index (κ1) is 12.9. The fraction of sp³-hybridized carbons (Fsp3) is 0.308. The molecule has 0 atom stereocenters. The highest BCUT2D eigenvalue weighted by Crippen LogP contribution is 2.23. The zero-order valence-corrected chi connectivity index (χ0v) is 11.9. The molecule has 0 amide bonds. The van der Waals surface area contributed by atoms with Crippen molar-refractivity contribution in [1.29, 1.82) is 0 Å². The van der Waals surface area contributed by atoms with Gasteiger partial charge in [-0.25, -0.2) is 4.98 Å². The number of halogens is 1. The molecule has 0 bridgehead atoms. The Labute approximate surface area is 120 Å². The lowest BCUT2D eigenvalue weighted by atomic mass is 10.3. The van der Waals surface area contributed by atoms with Crippen LogP contribution in [-0.2, 0) is 12.4 Å². The van der Waals surface area contributed by atoms with Gasteiger partial charge in [0.25, 0.3) is 0 Å². The van der Waals surface area contributed by atoms with E-state index in [1.54, 1.807) is 14.0 Å². The average Bonchev–Trinajstić information content (AvgIpc) is 3.02. The third kappa shape index (κ3) is 2.22.